The van der Waals surface area contributed by atoms with Crippen molar-refractivity contribution in [2.24, 2.45) is 11.7 Å². The van der Waals surface area contributed by atoms with Crippen LogP contribution in [0.5, 0.6) is 0 Å². The maximum atomic E-state index is 12.4. The van der Waals surface area contributed by atoms with E-state index in [0.717, 1.165) is 12.8 Å². The maximum Gasteiger partial charge on any atom is 0.282 e. The Kier molecular flexibility index (Phi) is 7.10. The first kappa shape index (κ1) is 18.1. The Balaban J connectivity index is 0.00000289. The van der Waals surface area contributed by atoms with Gasteiger partial charge in [-0.3, -0.25) is 0 Å². The van der Waals surface area contributed by atoms with Crippen molar-refractivity contribution in [1.82, 2.24) is 8.61 Å². The molecule has 5 nitrogen and oxygen atoms in total. The molecular weight excluding hydrogens is 274 g/mol. The van der Waals surface area contributed by atoms with Crippen molar-refractivity contribution in [2.45, 2.75) is 45.7 Å². The minimum absolute atomic E-state index is 0. The molecule has 0 radical (unpaired) electrons. The van der Waals surface area contributed by atoms with Crippen molar-refractivity contribution in [3.8, 4) is 0 Å². The molecule has 1 aliphatic heterocycles. The normalized spacial score (nSPS) is 26.4. The van der Waals surface area contributed by atoms with Crippen molar-refractivity contribution in [3.63, 3.8) is 0 Å². The summed E-state index contributed by atoms with van der Waals surface area (Å²) in [4.78, 5) is 0. The fourth-order valence-electron chi connectivity index (χ4n) is 2.28. The van der Waals surface area contributed by atoms with Crippen LogP contribution >= 0.6 is 12.4 Å². The first-order valence-electron chi connectivity index (χ1n) is 6.27. The topological polar surface area (TPSA) is 66.6 Å². The number of halogens is 1. The molecule has 7 heteroatoms. The van der Waals surface area contributed by atoms with Crippen LogP contribution in [0.4, 0.5) is 0 Å². The molecule has 0 spiro atoms. The van der Waals surface area contributed by atoms with E-state index >= 15 is 0 Å². The van der Waals surface area contributed by atoms with E-state index in [4.69, 9.17) is 5.73 Å². The van der Waals surface area contributed by atoms with E-state index in [9.17, 15) is 8.42 Å². The lowest BCUT2D eigenvalue weighted by Gasteiger charge is -2.40. The second kappa shape index (κ2) is 7.05. The maximum absolute atomic E-state index is 12.4. The van der Waals surface area contributed by atoms with Gasteiger partial charge in [0, 0.05) is 32.2 Å². The number of nitrogens with zero attached hydrogens (tertiary/aromatic N) is 2. The van der Waals surface area contributed by atoms with Gasteiger partial charge in [0.25, 0.3) is 10.2 Å². The largest absolute Gasteiger partial charge is 0.329 e. The zero-order chi connectivity index (χ0) is 13.2. The van der Waals surface area contributed by atoms with Gasteiger partial charge in [0.05, 0.1) is 0 Å². The highest BCUT2D eigenvalue weighted by atomic mass is 35.5. The first-order valence-corrected chi connectivity index (χ1v) is 7.67. The summed E-state index contributed by atoms with van der Waals surface area (Å²) in [6.45, 7) is 6.82. The number of nitrogens with two attached hydrogens (primary N) is 1. The quantitative estimate of drug-likeness (QED) is 0.844. The van der Waals surface area contributed by atoms with Crippen molar-refractivity contribution >= 4 is 22.6 Å². The molecule has 0 aliphatic carbocycles. The molecule has 1 rings (SSSR count). The summed E-state index contributed by atoms with van der Waals surface area (Å²) in [5.74, 6) is 0.337. The molecule has 1 aliphatic rings. The van der Waals surface area contributed by atoms with E-state index in [1.807, 2.05) is 13.8 Å². The van der Waals surface area contributed by atoms with E-state index in [2.05, 4.69) is 6.92 Å². The Morgan fingerprint density at radius 2 is 2.00 bits per heavy atom. The predicted molar refractivity (Wildman–Crippen MR) is 77.0 cm³/mol. The monoisotopic (exact) mass is 299 g/mol. The third-order valence-electron chi connectivity index (χ3n) is 3.69. The summed E-state index contributed by atoms with van der Waals surface area (Å²) < 4.78 is 27.9. The van der Waals surface area contributed by atoms with Crippen LogP contribution in [0, 0.1) is 5.92 Å². The van der Waals surface area contributed by atoms with Gasteiger partial charge in [-0.2, -0.15) is 17.0 Å². The Morgan fingerprint density at radius 3 is 2.44 bits per heavy atom. The molecule has 0 bridgehead atoms. The minimum Gasteiger partial charge on any atom is -0.329 e. The van der Waals surface area contributed by atoms with Gasteiger partial charge in [0.2, 0.25) is 0 Å². The smallest absolute Gasteiger partial charge is 0.282 e. The fraction of sp³-hybridized carbons (Fsp3) is 1.00. The fourth-order valence-corrected chi connectivity index (χ4v) is 4.14. The van der Waals surface area contributed by atoms with E-state index in [0.29, 0.717) is 19.0 Å². The Hall–Kier alpha value is 0.120. The lowest BCUT2D eigenvalue weighted by molar-refractivity contribution is 0.179. The minimum atomic E-state index is -3.37. The summed E-state index contributed by atoms with van der Waals surface area (Å²) in [5.41, 5.74) is 5.73. The zero-order valence-electron chi connectivity index (χ0n) is 11.7. The molecule has 2 N–H and O–H groups in total. The lowest BCUT2D eigenvalue weighted by Crippen LogP contribution is -2.55. The van der Waals surface area contributed by atoms with E-state index in [-0.39, 0.29) is 24.5 Å². The first-order chi connectivity index (χ1) is 7.82. The van der Waals surface area contributed by atoms with Crippen molar-refractivity contribution in [3.05, 3.63) is 0 Å². The molecule has 0 amide bonds. The average molecular weight is 300 g/mol. The van der Waals surface area contributed by atoms with Crippen LogP contribution in [0.15, 0.2) is 0 Å². The van der Waals surface area contributed by atoms with Crippen LogP contribution in [0.1, 0.15) is 33.6 Å². The second-order valence-corrected chi connectivity index (χ2v) is 7.09. The van der Waals surface area contributed by atoms with Gasteiger partial charge < -0.3 is 5.73 Å². The molecular formula is C11H26ClN3O2S. The van der Waals surface area contributed by atoms with Crippen molar-refractivity contribution in [2.75, 3.05) is 20.1 Å². The summed E-state index contributed by atoms with van der Waals surface area (Å²) in [5, 5.41) is 0. The highest BCUT2D eigenvalue weighted by molar-refractivity contribution is 7.86. The van der Waals surface area contributed by atoms with Crippen LogP contribution in [-0.4, -0.2) is 49.2 Å². The zero-order valence-corrected chi connectivity index (χ0v) is 13.3. The van der Waals surface area contributed by atoms with Crippen LogP contribution in [0.3, 0.4) is 0 Å². The van der Waals surface area contributed by atoms with Crippen LogP contribution in [-0.2, 0) is 10.2 Å². The second-order valence-electron chi connectivity index (χ2n) is 5.15. The number of hydrogen-bond donors (Lipinski definition) is 1. The summed E-state index contributed by atoms with van der Waals surface area (Å²) >= 11 is 0. The summed E-state index contributed by atoms with van der Waals surface area (Å²) in [6, 6.07) is -0.0920. The number of hydrogen-bond acceptors (Lipinski definition) is 3. The number of rotatable bonds is 4. The molecule has 1 saturated heterocycles. The third-order valence-corrected chi connectivity index (χ3v) is 5.89. The van der Waals surface area contributed by atoms with Gasteiger partial charge >= 0.3 is 0 Å². The molecule has 2 unspecified atom stereocenters. The molecule has 1 heterocycles. The summed E-state index contributed by atoms with van der Waals surface area (Å²) in [7, 11) is -1.74. The molecule has 2 atom stereocenters. The number of piperidine rings is 1. The summed E-state index contributed by atoms with van der Waals surface area (Å²) in [6.07, 6.45) is 1.97. The molecule has 0 aromatic heterocycles. The van der Waals surface area contributed by atoms with Gasteiger partial charge in [-0.15, -0.1) is 12.4 Å². The Bertz CT molecular complexity index is 348. The van der Waals surface area contributed by atoms with Crippen LogP contribution in [0.25, 0.3) is 0 Å². The van der Waals surface area contributed by atoms with Crippen LogP contribution < -0.4 is 5.73 Å². The third kappa shape index (κ3) is 3.57. The molecule has 110 valence electrons. The Labute approximate surface area is 117 Å². The molecule has 1 fully saturated rings. The van der Waals surface area contributed by atoms with Gasteiger partial charge in [-0.05, 0) is 32.6 Å². The van der Waals surface area contributed by atoms with Crippen LogP contribution in [0.2, 0.25) is 0 Å². The van der Waals surface area contributed by atoms with Crippen molar-refractivity contribution < 1.29 is 8.42 Å². The predicted octanol–water partition coefficient (Wildman–Crippen LogP) is 1.05. The molecule has 0 aromatic rings. The van der Waals surface area contributed by atoms with Gasteiger partial charge in [0.1, 0.15) is 0 Å². The Morgan fingerprint density at radius 1 is 1.44 bits per heavy atom. The van der Waals surface area contributed by atoms with E-state index in [1.165, 1.54) is 4.31 Å². The van der Waals surface area contributed by atoms with E-state index < -0.39 is 10.2 Å². The average Bonchev–Trinajstić information content (AvgIpc) is 2.27. The van der Waals surface area contributed by atoms with Gasteiger partial charge in [-0.1, -0.05) is 6.92 Å². The highest BCUT2D eigenvalue weighted by Crippen LogP contribution is 2.26. The van der Waals surface area contributed by atoms with Gasteiger partial charge in [0.15, 0.2) is 0 Å². The lowest BCUT2D eigenvalue weighted by atomic mass is 9.93. The molecule has 0 aromatic carbocycles. The highest BCUT2D eigenvalue weighted by Gasteiger charge is 2.38. The standard InChI is InChI=1S/C11H25N3O2S.ClH/c1-9(2)13(4)17(15,16)14-7-5-6-10(3)11(14)8-12;/h9-11H,5-8,12H2,1-4H3;1H. The van der Waals surface area contributed by atoms with Gasteiger partial charge in [-0.25, -0.2) is 0 Å². The molecule has 18 heavy (non-hydrogen) atoms. The SMILES string of the molecule is CC1CCCN(S(=O)(=O)N(C)C(C)C)C1CN.Cl. The van der Waals surface area contributed by atoms with Crippen molar-refractivity contribution in [1.29, 1.82) is 0 Å². The van der Waals surface area contributed by atoms with E-state index in [1.54, 1.807) is 11.4 Å². The molecule has 0 saturated carbocycles.